The molecule has 1 aliphatic heterocycles. The normalized spacial score (nSPS) is 17.1. The Hall–Kier alpha value is -2.67. The molecule has 2 amide bonds. The van der Waals surface area contributed by atoms with Crippen molar-refractivity contribution in [2.24, 2.45) is 0 Å². The number of carbonyl (C=O) groups excluding carboxylic acids is 1. The molecule has 2 aromatic heterocycles. The largest absolute Gasteiger partial charge is 0.474 e. The molecule has 3 heterocycles. The molecule has 0 spiro atoms. The van der Waals surface area contributed by atoms with E-state index in [0.717, 1.165) is 6.20 Å². The molecule has 11 nitrogen and oxygen atoms in total. The van der Waals surface area contributed by atoms with E-state index in [9.17, 15) is 17.6 Å². The molecule has 1 aliphatic rings. The number of urea groups is 1. The molecule has 184 valence electrons. The summed E-state index contributed by atoms with van der Waals surface area (Å²) in [6.07, 6.45) is -0.268. The van der Waals surface area contributed by atoms with Gasteiger partial charge in [0.25, 0.3) is 10.0 Å². The molecule has 0 aliphatic carbocycles. The Kier molecular flexibility index (Phi) is 7.32. The number of rotatable bonds is 8. The van der Waals surface area contributed by atoms with Crippen LogP contribution in [0.1, 0.15) is 57.8 Å². The van der Waals surface area contributed by atoms with Gasteiger partial charge in [0.2, 0.25) is 5.88 Å². The molecule has 0 fully saturated rings. The standard InChI is InChI=1S/C20H31FN6O5S/c1-11(2)16-17(18(12(3)4)26(24-16)8-13(5)21)23-20(28)25-33(29,30)15-7-22-27-9-14(31-6)10-32-19(15)27/h7,11-14H,8-10H2,1-6H3,(H2,23,25,28). The third-order valence-corrected chi connectivity index (χ3v) is 6.48. The topological polar surface area (TPSA) is 129 Å². The number of nitrogens with one attached hydrogen (secondary N) is 2. The van der Waals surface area contributed by atoms with Gasteiger partial charge >= 0.3 is 6.03 Å². The predicted molar refractivity (Wildman–Crippen MR) is 119 cm³/mol. The average Bonchev–Trinajstić information content (AvgIpc) is 3.28. The molecule has 0 aromatic carbocycles. The first-order valence-electron chi connectivity index (χ1n) is 10.7. The Morgan fingerprint density at radius 3 is 2.58 bits per heavy atom. The Morgan fingerprint density at radius 2 is 2.00 bits per heavy atom. The highest BCUT2D eigenvalue weighted by Gasteiger charge is 2.32. The van der Waals surface area contributed by atoms with Crippen molar-refractivity contribution in [3.63, 3.8) is 0 Å². The highest BCUT2D eigenvalue weighted by molar-refractivity contribution is 7.90. The summed E-state index contributed by atoms with van der Waals surface area (Å²) in [6, 6.07) is -0.961. The zero-order valence-corrected chi connectivity index (χ0v) is 20.4. The van der Waals surface area contributed by atoms with Crippen LogP contribution >= 0.6 is 0 Å². The molecule has 0 bridgehead atoms. The minimum Gasteiger partial charge on any atom is -0.474 e. The molecule has 33 heavy (non-hydrogen) atoms. The van der Waals surface area contributed by atoms with Crippen LogP contribution in [0.3, 0.4) is 0 Å². The maximum absolute atomic E-state index is 13.7. The van der Waals surface area contributed by atoms with Gasteiger partial charge in [-0.05, 0) is 18.8 Å². The zero-order chi connectivity index (χ0) is 24.5. The fourth-order valence-corrected chi connectivity index (χ4v) is 4.67. The van der Waals surface area contributed by atoms with Crippen molar-refractivity contribution >= 4 is 21.7 Å². The van der Waals surface area contributed by atoms with E-state index >= 15 is 0 Å². The van der Waals surface area contributed by atoms with E-state index in [4.69, 9.17) is 9.47 Å². The van der Waals surface area contributed by atoms with Gasteiger partial charge in [0.1, 0.15) is 18.9 Å². The predicted octanol–water partition coefficient (Wildman–Crippen LogP) is 2.60. The maximum atomic E-state index is 13.7. The minimum atomic E-state index is -4.28. The number of ether oxygens (including phenoxy) is 2. The fourth-order valence-electron chi connectivity index (χ4n) is 3.68. The van der Waals surface area contributed by atoms with Gasteiger partial charge in [0.15, 0.2) is 4.90 Å². The second kappa shape index (κ2) is 9.67. The molecule has 2 unspecified atom stereocenters. The molecule has 2 N–H and O–H groups in total. The average molecular weight is 487 g/mol. The van der Waals surface area contributed by atoms with E-state index in [2.05, 4.69) is 15.5 Å². The second-order valence-electron chi connectivity index (χ2n) is 8.64. The Labute approximate surface area is 192 Å². The number of carbonyl (C=O) groups is 1. The molecule has 13 heteroatoms. The van der Waals surface area contributed by atoms with E-state index in [1.807, 2.05) is 32.4 Å². The van der Waals surface area contributed by atoms with Crippen molar-refractivity contribution in [3.8, 4) is 5.88 Å². The fraction of sp³-hybridized carbons (Fsp3) is 0.650. The quantitative estimate of drug-likeness (QED) is 0.587. The number of sulfonamides is 1. The van der Waals surface area contributed by atoms with Crippen LogP contribution in [0.4, 0.5) is 14.9 Å². The van der Waals surface area contributed by atoms with Crippen molar-refractivity contribution in [1.29, 1.82) is 0 Å². The smallest absolute Gasteiger partial charge is 0.333 e. The summed E-state index contributed by atoms with van der Waals surface area (Å²) >= 11 is 0. The van der Waals surface area contributed by atoms with Crippen LogP contribution < -0.4 is 14.8 Å². The van der Waals surface area contributed by atoms with Crippen LogP contribution in [-0.2, 0) is 27.8 Å². The lowest BCUT2D eigenvalue weighted by atomic mass is 10.0. The zero-order valence-electron chi connectivity index (χ0n) is 19.6. The van der Waals surface area contributed by atoms with Crippen molar-refractivity contribution in [1.82, 2.24) is 24.3 Å². The SMILES string of the molecule is COC1COc2c(S(=O)(=O)NC(=O)Nc3c(C(C)C)nn(CC(C)F)c3C(C)C)cnn2C1. The molecule has 3 rings (SSSR count). The van der Waals surface area contributed by atoms with E-state index in [1.54, 1.807) is 0 Å². The van der Waals surface area contributed by atoms with Crippen molar-refractivity contribution in [2.45, 2.75) is 76.7 Å². The molecular weight excluding hydrogens is 455 g/mol. The van der Waals surface area contributed by atoms with Gasteiger partial charge < -0.3 is 14.8 Å². The summed E-state index contributed by atoms with van der Waals surface area (Å²) in [7, 11) is -2.75. The lowest BCUT2D eigenvalue weighted by molar-refractivity contribution is 0.0165. The number of fused-ring (bicyclic) bond motifs is 1. The maximum Gasteiger partial charge on any atom is 0.333 e. The highest BCUT2D eigenvalue weighted by Crippen LogP contribution is 2.33. The first kappa shape index (κ1) is 25.0. The van der Waals surface area contributed by atoms with Crippen LogP contribution in [0, 0.1) is 0 Å². The number of aromatic nitrogens is 4. The second-order valence-corrected chi connectivity index (χ2v) is 10.3. The van der Waals surface area contributed by atoms with Crippen LogP contribution in [-0.4, -0.2) is 60.0 Å². The van der Waals surface area contributed by atoms with Crippen molar-refractivity contribution < 1.29 is 27.1 Å². The summed E-state index contributed by atoms with van der Waals surface area (Å²) in [6.45, 7) is 9.51. The van der Waals surface area contributed by atoms with Crippen LogP contribution in [0.25, 0.3) is 0 Å². The summed E-state index contributed by atoms with van der Waals surface area (Å²) in [4.78, 5) is 12.5. The van der Waals surface area contributed by atoms with Crippen LogP contribution in [0.5, 0.6) is 5.88 Å². The first-order chi connectivity index (χ1) is 15.4. The summed E-state index contributed by atoms with van der Waals surface area (Å²) in [5.74, 6) is -0.144. The number of anilines is 1. The summed E-state index contributed by atoms with van der Waals surface area (Å²) in [5, 5.41) is 11.1. The highest BCUT2D eigenvalue weighted by atomic mass is 32.2. The molecular formula is C20H31FN6O5S. The Bertz CT molecular complexity index is 1110. The first-order valence-corrected chi connectivity index (χ1v) is 12.2. The van der Waals surface area contributed by atoms with E-state index < -0.39 is 22.2 Å². The van der Waals surface area contributed by atoms with Crippen molar-refractivity contribution in [3.05, 3.63) is 17.6 Å². The lowest BCUT2D eigenvalue weighted by Crippen LogP contribution is -2.36. The lowest BCUT2D eigenvalue weighted by Gasteiger charge is -2.23. The van der Waals surface area contributed by atoms with Gasteiger partial charge in [0, 0.05) is 7.11 Å². The number of hydrogen-bond donors (Lipinski definition) is 2. The monoisotopic (exact) mass is 486 g/mol. The molecule has 2 aromatic rings. The van der Waals surface area contributed by atoms with Gasteiger partial charge in [-0.15, -0.1) is 0 Å². The van der Waals surface area contributed by atoms with Crippen LogP contribution in [0.15, 0.2) is 11.1 Å². The van der Waals surface area contributed by atoms with Gasteiger partial charge in [-0.1, -0.05) is 27.7 Å². The number of amides is 2. The van der Waals surface area contributed by atoms with Crippen LogP contribution in [0.2, 0.25) is 0 Å². The van der Waals surface area contributed by atoms with E-state index in [0.29, 0.717) is 23.6 Å². The number of alkyl halides is 1. The minimum absolute atomic E-state index is 0.0250. The van der Waals surface area contributed by atoms with Gasteiger partial charge in [-0.25, -0.2) is 27.0 Å². The van der Waals surface area contributed by atoms with E-state index in [1.165, 1.54) is 23.4 Å². The van der Waals surface area contributed by atoms with Crippen molar-refractivity contribution in [2.75, 3.05) is 19.0 Å². The van der Waals surface area contributed by atoms with Gasteiger partial charge in [-0.2, -0.15) is 10.2 Å². The molecule has 0 saturated carbocycles. The number of hydrogen-bond acceptors (Lipinski definition) is 7. The number of halogens is 1. The number of nitrogens with zero attached hydrogens (tertiary/aromatic N) is 4. The summed E-state index contributed by atoms with van der Waals surface area (Å²) < 4.78 is 55.2. The number of methoxy groups -OCH3 is 1. The third kappa shape index (κ3) is 5.29. The van der Waals surface area contributed by atoms with E-state index in [-0.39, 0.29) is 41.9 Å². The Balaban J connectivity index is 1.86. The molecule has 2 atom stereocenters. The van der Waals surface area contributed by atoms with Gasteiger partial charge in [-0.3, -0.25) is 4.68 Å². The molecule has 0 radical (unpaired) electrons. The summed E-state index contributed by atoms with van der Waals surface area (Å²) in [5.41, 5.74) is 1.54. The Morgan fingerprint density at radius 1 is 1.30 bits per heavy atom. The van der Waals surface area contributed by atoms with Gasteiger partial charge in [0.05, 0.1) is 36.4 Å². The third-order valence-electron chi connectivity index (χ3n) is 5.17. The molecule has 0 saturated heterocycles.